The molecule has 5 nitrogen and oxygen atoms in total. The first-order valence-corrected chi connectivity index (χ1v) is 7.40. The molecule has 1 aliphatic rings. The molecule has 0 aliphatic carbocycles. The van der Waals surface area contributed by atoms with Crippen LogP contribution in [0.4, 0.5) is 4.39 Å². The molecule has 1 aromatic carbocycles. The van der Waals surface area contributed by atoms with E-state index in [2.05, 4.69) is 0 Å². The smallest absolute Gasteiger partial charge is 0.305 e. The minimum Gasteiger partial charge on any atom is -0.481 e. The van der Waals surface area contributed by atoms with Crippen molar-refractivity contribution in [3.63, 3.8) is 0 Å². The number of rotatable bonds is 5. The molecule has 0 aromatic heterocycles. The van der Waals surface area contributed by atoms with Crippen molar-refractivity contribution >= 4 is 11.9 Å². The van der Waals surface area contributed by atoms with Gasteiger partial charge in [0.2, 0.25) is 5.91 Å². The van der Waals surface area contributed by atoms with Crippen LogP contribution in [0.2, 0.25) is 0 Å². The van der Waals surface area contributed by atoms with Crippen LogP contribution in [-0.2, 0) is 16.1 Å². The highest BCUT2D eigenvalue weighted by atomic mass is 19.1. The van der Waals surface area contributed by atoms with Crippen LogP contribution < -0.4 is 0 Å². The summed E-state index contributed by atoms with van der Waals surface area (Å²) in [6.45, 7) is 5.12. The Kier molecular flexibility index (Phi) is 5.13. The first-order chi connectivity index (χ1) is 10.4. The standard InChI is InChI=1S/C16H21FN2O3/c1-11(2)19-8-7-18(16(22)14(19)9-15(20)21)10-12-5-3-4-6-13(12)17/h3-6,11,14H,7-10H2,1-2H3,(H,20,21). The fourth-order valence-corrected chi connectivity index (χ4v) is 2.83. The predicted octanol–water partition coefficient (Wildman–Crippen LogP) is 1.72. The maximum atomic E-state index is 13.7. The molecule has 1 amide bonds. The highest BCUT2D eigenvalue weighted by Crippen LogP contribution is 2.20. The van der Waals surface area contributed by atoms with Crippen molar-refractivity contribution in [2.24, 2.45) is 0 Å². The van der Waals surface area contributed by atoms with E-state index >= 15 is 0 Å². The Morgan fingerprint density at radius 2 is 2.05 bits per heavy atom. The van der Waals surface area contributed by atoms with Gasteiger partial charge in [-0.25, -0.2) is 4.39 Å². The molecule has 0 radical (unpaired) electrons. The molecule has 0 saturated carbocycles. The minimum absolute atomic E-state index is 0.0870. The molecule has 6 heteroatoms. The maximum absolute atomic E-state index is 13.7. The van der Waals surface area contributed by atoms with Crippen molar-refractivity contribution in [3.8, 4) is 0 Å². The number of benzene rings is 1. The zero-order valence-electron chi connectivity index (χ0n) is 12.8. The fourth-order valence-electron chi connectivity index (χ4n) is 2.83. The van der Waals surface area contributed by atoms with Gasteiger partial charge in [-0.05, 0) is 19.9 Å². The molecule has 0 bridgehead atoms. The second-order valence-corrected chi connectivity index (χ2v) is 5.80. The van der Waals surface area contributed by atoms with E-state index in [9.17, 15) is 14.0 Å². The van der Waals surface area contributed by atoms with Gasteiger partial charge in [0, 0.05) is 31.2 Å². The minimum atomic E-state index is -1.00. The molecule has 1 N–H and O–H groups in total. The first kappa shape index (κ1) is 16.4. The number of carbonyl (C=O) groups is 2. The van der Waals surface area contributed by atoms with E-state index in [4.69, 9.17) is 5.11 Å². The van der Waals surface area contributed by atoms with Gasteiger partial charge < -0.3 is 10.0 Å². The Balaban J connectivity index is 2.16. The average Bonchev–Trinajstić information content (AvgIpc) is 2.44. The van der Waals surface area contributed by atoms with Crippen molar-refractivity contribution < 1.29 is 19.1 Å². The molecule has 1 atom stereocenters. The third-order valence-corrected chi connectivity index (χ3v) is 3.98. The van der Waals surface area contributed by atoms with Crippen LogP contribution in [0.1, 0.15) is 25.8 Å². The highest BCUT2D eigenvalue weighted by molar-refractivity contribution is 5.86. The van der Waals surface area contributed by atoms with Crippen LogP contribution >= 0.6 is 0 Å². The molecular weight excluding hydrogens is 287 g/mol. The van der Waals surface area contributed by atoms with Gasteiger partial charge in [-0.1, -0.05) is 18.2 Å². The summed E-state index contributed by atoms with van der Waals surface area (Å²) in [4.78, 5) is 27.1. The Morgan fingerprint density at radius 3 is 2.64 bits per heavy atom. The van der Waals surface area contributed by atoms with Gasteiger partial charge in [0.05, 0.1) is 6.42 Å². The molecule has 1 saturated heterocycles. The fraction of sp³-hybridized carbons (Fsp3) is 0.500. The second-order valence-electron chi connectivity index (χ2n) is 5.80. The lowest BCUT2D eigenvalue weighted by Gasteiger charge is -2.42. The highest BCUT2D eigenvalue weighted by Gasteiger charge is 2.37. The van der Waals surface area contributed by atoms with Crippen LogP contribution in [-0.4, -0.2) is 52.0 Å². The van der Waals surface area contributed by atoms with Crippen LogP contribution in [0.3, 0.4) is 0 Å². The third-order valence-electron chi connectivity index (χ3n) is 3.98. The number of amides is 1. The molecule has 120 valence electrons. The van der Waals surface area contributed by atoms with Gasteiger partial charge in [-0.15, -0.1) is 0 Å². The van der Waals surface area contributed by atoms with Crippen molar-refractivity contribution in [1.29, 1.82) is 0 Å². The van der Waals surface area contributed by atoms with E-state index in [1.807, 2.05) is 18.7 Å². The monoisotopic (exact) mass is 308 g/mol. The van der Waals surface area contributed by atoms with E-state index in [-0.39, 0.29) is 30.7 Å². The quantitative estimate of drug-likeness (QED) is 0.900. The summed E-state index contributed by atoms with van der Waals surface area (Å²) < 4.78 is 13.7. The van der Waals surface area contributed by atoms with Gasteiger partial charge in [0.25, 0.3) is 0 Å². The Labute approximate surface area is 129 Å². The zero-order chi connectivity index (χ0) is 16.3. The summed E-state index contributed by atoms with van der Waals surface area (Å²) in [5, 5.41) is 9.05. The van der Waals surface area contributed by atoms with Gasteiger partial charge in [0.1, 0.15) is 11.9 Å². The molecule has 1 aliphatic heterocycles. The molecular formula is C16H21FN2O3. The molecule has 1 heterocycles. The summed E-state index contributed by atoms with van der Waals surface area (Å²) in [5.74, 6) is -1.60. The van der Waals surface area contributed by atoms with E-state index in [0.29, 0.717) is 18.7 Å². The van der Waals surface area contributed by atoms with Gasteiger partial charge in [-0.3, -0.25) is 14.5 Å². The van der Waals surface area contributed by atoms with E-state index < -0.39 is 12.0 Å². The number of halogens is 1. The van der Waals surface area contributed by atoms with Crippen LogP contribution in [0.25, 0.3) is 0 Å². The summed E-state index contributed by atoms with van der Waals surface area (Å²) in [5.41, 5.74) is 0.447. The number of piperazine rings is 1. The first-order valence-electron chi connectivity index (χ1n) is 7.40. The Morgan fingerprint density at radius 1 is 1.36 bits per heavy atom. The van der Waals surface area contributed by atoms with Crippen molar-refractivity contribution in [2.45, 2.75) is 38.9 Å². The van der Waals surface area contributed by atoms with Gasteiger partial charge in [0.15, 0.2) is 0 Å². The number of nitrogens with zero attached hydrogens (tertiary/aromatic N) is 2. The Hall–Kier alpha value is -1.95. The summed E-state index contributed by atoms with van der Waals surface area (Å²) in [7, 11) is 0. The van der Waals surface area contributed by atoms with E-state index in [1.165, 1.54) is 6.07 Å². The molecule has 2 rings (SSSR count). The largest absolute Gasteiger partial charge is 0.481 e. The number of aliphatic carboxylic acids is 1. The normalized spacial score (nSPS) is 19.7. The molecule has 22 heavy (non-hydrogen) atoms. The average molecular weight is 308 g/mol. The summed E-state index contributed by atoms with van der Waals surface area (Å²) in [6.07, 6.45) is -0.231. The number of carbonyl (C=O) groups excluding carboxylic acids is 1. The van der Waals surface area contributed by atoms with Crippen LogP contribution in [0.15, 0.2) is 24.3 Å². The molecule has 1 unspecified atom stereocenters. The third kappa shape index (κ3) is 3.62. The number of hydrogen-bond donors (Lipinski definition) is 1. The van der Waals surface area contributed by atoms with Crippen molar-refractivity contribution in [1.82, 2.24) is 9.80 Å². The number of carboxylic acid groups (broad SMARTS) is 1. The Bertz CT molecular complexity index is 562. The second kappa shape index (κ2) is 6.87. The van der Waals surface area contributed by atoms with E-state index in [1.54, 1.807) is 23.1 Å². The van der Waals surface area contributed by atoms with E-state index in [0.717, 1.165) is 0 Å². The topological polar surface area (TPSA) is 60.9 Å². The molecule has 1 aromatic rings. The van der Waals surface area contributed by atoms with Gasteiger partial charge in [-0.2, -0.15) is 0 Å². The van der Waals surface area contributed by atoms with Gasteiger partial charge >= 0.3 is 5.97 Å². The molecule has 0 spiro atoms. The zero-order valence-corrected chi connectivity index (χ0v) is 12.8. The lowest BCUT2D eigenvalue weighted by Crippen LogP contribution is -2.59. The van der Waals surface area contributed by atoms with Crippen LogP contribution in [0.5, 0.6) is 0 Å². The van der Waals surface area contributed by atoms with Crippen molar-refractivity contribution in [3.05, 3.63) is 35.6 Å². The molecule has 1 fully saturated rings. The van der Waals surface area contributed by atoms with Crippen LogP contribution in [0, 0.1) is 5.82 Å². The van der Waals surface area contributed by atoms with Crippen molar-refractivity contribution in [2.75, 3.05) is 13.1 Å². The maximum Gasteiger partial charge on any atom is 0.305 e. The summed E-state index contributed by atoms with van der Waals surface area (Å²) in [6, 6.07) is 5.73. The lowest BCUT2D eigenvalue weighted by molar-refractivity contribution is -0.150. The lowest BCUT2D eigenvalue weighted by atomic mass is 10.0. The summed E-state index contributed by atoms with van der Waals surface area (Å²) >= 11 is 0. The predicted molar refractivity (Wildman–Crippen MR) is 79.7 cm³/mol. The number of carboxylic acids is 1. The number of hydrogen-bond acceptors (Lipinski definition) is 3. The SMILES string of the molecule is CC(C)N1CCN(Cc2ccccc2F)C(=O)C1CC(=O)O.